The maximum Gasteiger partial charge on any atom is 0.274 e. The molecule has 0 bridgehead atoms. The second-order valence-electron chi connectivity index (χ2n) is 6.37. The topological polar surface area (TPSA) is 51.1 Å². The molecule has 4 heteroatoms. The van der Waals surface area contributed by atoms with Crippen LogP contribution in [-0.2, 0) is 19.4 Å². The number of benzene rings is 1. The van der Waals surface area contributed by atoms with Gasteiger partial charge >= 0.3 is 0 Å². The largest absolute Gasteiger partial charge is 0.317 e. The Hall–Kier alpha value is -2.36. The van der Waals surface area contributed by atoms with Crippen molar-refractivity contribution in [2.75, 3.05) is 5.32 Å². The molecule has 1 heterocycles. The van der Waals surface area contributed by atoms with E-state index in [-0.39, 0.29) is 11.5 Å². The number of nitrogens with zero attached hydrogens (tertiary/aromatic N) is 1. The van der Waals surface area contributed by atoms with Crippen LogP contribution in [0.3, 0.4) is 0 Å². The number of nitrogens with one attached hydrogen (secondary N) is 1. The molecule has 0 spiro atoms. The summed E-state index contributed by atoms with van der Waals surface area (Å²) in [5.74, 6) is -0.231. The minimum atomic E-state index is -0.231. The SMILES string of the molecule is CCCCn1c2c(cc(NC(=O)c3ccccc3)c1=O)CCCC2. The highest BCUT2D eigenvalue weighted by molar-refractivity contribution is 6.04. The number of unbranched alkanes of at least 4 members (excludes halogenated alkanes) is 1. The van der Waals surface area contributed by atoms with Crippen molar-refractivity contribution in [2.24, 2.45) is 0 Å². The summed E-state index contributed by atoms with van der Waals surface area (Å²) >= 11 is 0. The molecule has 1 aromatic carbocycles. The van der Waals surface area contributed by atoms with Crippen molar-refractivity contribution in [1.29, 1.82) is 0 Å². The number of amides is 1. The number of pyridine rings is 1. The van der Waals surface area contributed by atoms with Crippen molar-refractivity contribution in [1.82, 2.24) is 4.57 Å². The Morgan fingerprint density at radius 1 is 1.17 bits per heavy atom. The molecule has 24 heavy (non-hydrogen) atoms. The number of fused-ring (bicyclic) bond motifs is 1. The second-order valence-corrected chi connectivity index (χ2v) is 6.37. The fourth-order valence-corrected chi connectivity index (χ4v) is 3.31. The van der Waals surface area contributed by atoms with Gasteiger partial charge in [0.25, 0.3) is 11.5 Å². The van der Waals surface area contributed by atoms with Crippen LogP contribution in [0, 0.1) is 0 Å². The maximum atomic E-state index is 12.9. The molecule has 1 aromatic heterocycles. The number of hydrogen-bond acceptors (Lipinski definition) is 2. The third-order valence-electron chi connectivity index (χ3n) is 4.62. The lowest BCUT2D eigenvalue weighted by atomic mass is 9.95. The van der Waals surface area contributed by atoms with Gasteiger partial charge in [-0.05, 0) is 55.9 Å². The van der Waals surface area contributed by atoms with Crippen LogP contribution in [0.25, 0.3) is 0 Å². The van der Waals surface area contributed by atoms with Gasteiger partial charge in [-0.3, -0.25) is 9.59 Å². The van der Waals surface area contributed by atoms with Crippen molar-refractivity contribution in [3.05, 3.63) is 63.6 Å². The maximum absolute atomic E-state index is 12.9. The molecule has 2 aromatic rings. The van der Waals surface area contributed by atoms with Crippen molar-refractivity contribution in [3.8, 4) is 0 Å². The molecule has 0 aliphatic heterocycles. The van der Waals surface area contributed by atoms with Gasteiger partial charge in [0, 0.05) is 17.8 Å². The zero-order valence-corrected chi connectivity index (χ0v) is 14.2. The van der Waals surface area contributed by atoms with Crippen LogP contribution in [-0.4, -0.2) is 10.5 Å². The molecule has 1 amide bonds. The normalized spacial score (nSPS) is 13.4. The number of aromatic nitrogens is 1. The third-order valence-corrected chi connectivity index (χ3v) is 4.62. The molecule has 3 rings (SSSR count). The molecule has 0 radical (unpaired) electrons. The van der Waals surface area contributed by atoms with Gasteiger partial charge < -0.3 is 9.88 Å². The Balaban J connectivity index is 1.95. The van der Waals surface area contributed by atoms with Crippen LogP contribution in [0.1, 0.15) is 54.2 Å². The fourth-order valence-electron chi connectivity index (χ4n) is 3.31. The van der Waals surface area contributed by atoms with Gasteiger partial charge in [0.1, 0.15) is 5.69 Å². The van der Waals surface area contributed by atoms with Crippen LogP contribution >= 0.6 is 0 Å². The minimum absolute atomic E-state index is 0.0756. The Labute approximate surface area is 142 Å². The third kappa shape index (κ3) is 3.42. The average molecular weight is 324 g/mol. The summed E-state index contributed by atoms with van der Waals surface area (Å²) < 4.78 is 1.89. The molecule has 1 aliphatic carbocycles. The molecular formula is C20H24N2O2. The molecule has 0 unspecified atom stereocenters. The lowest BCUT2D eigenvalue weighted by Crippen LogP contribution is -2.30. The van der Waals surface area contributed by atoms with E-state index < -0.39 is 0 Å². The molecule has 1 aliphatic rings. The second kappa shape index (κ2) is 7.47. The van der Waals surface area contributed by atoms with Crippen LogP contribution in [0.5, 0.6) is 0 Å². The molecule has 0 fully saturated rings. The molecule has 0 saturated heterocycles. The van der Waals surface area contributed by atoms with Crippen LogP contribution in [0.2, 0.25) is 0 Å². The van der Waals surface area contributed by atoms with E-state index in [1.54, 1.807) is 12.1 Å². The Morgan fingerprint density at radius 2 is 1.92 bits per heavy atom. The van der Waals surface area contributed by atoms with Crippen LogP contribution in [0.15, 0.2) is 41.2 Å². The predicted molar refractivity (Wildman–Crippen MR) is 96.6 cm³/mol. The quantitative estimate of drug-likeness (QED) is 0.910. The van der Waals surface area contributed by atoms with Crippen molar-refractivity contribution in [2.45, 2.75) is 52.0 Å². The van der Waals surface area contributed by atoms with E-state index in [1.165, 1.54) is 5.56 Å². The first-order valence-corrected chi connectivity index (χ1v) is 8.82. The van der Waals surface area contributed by atoms with Gasteiger partial charge in [0.15, 0.2) is 0 Å². The van der Waals surface area contributed by atoms with Gasteiger partial charge in [-0.25, -0.2) is 0 Å². The first-order valence-electron chi connectivity index (χ1n) is 8.82. The molecule has 0 saturated carbocycles. The monoisotopic (exact) mass is 324 g/mol. The van der Waals surface area contributed by atoms with E-state index in [4.69, 9.17) is 0 Å². The van der Waals surface area contributed by atoms with E-state index in [0.717, 1.165) is 50.8 Å². The standard InChI is InChI=1S/C20H24N2O2/c1-2-3-13-22-18-12-8-7-11-16(18)14-17(20(22)24)21-19(23)15-9-5-4-6-10-15/h4-6,9-10,14H,2-3,7-8,11-13H2,1H3,(H,21,23). The molecule has 0 atom stereocenters. The van der Waals surface area contributed by atoms with Gasteiger partial charge in [-0.15, -0.1) is 0 Å². The van der Waals surface area contributed by atoms with Crippen molar-refractivity contribution >= 4 is 11.6 Å². The van der Waals surface area contributed by atoms with Gasteiger partial charge in [0.05, 0.1) is 0 Å². The van der Waals surface area contributed by atoms with Crippen molar-refractivity contribution in [3.63, 3.8) is 0 Å². The zero-order chi connectivity index (χ0) is 16.9. The van der Waals surface area contributed by atoms with E-state index >= 15 is 0 Å². The average Bonchev–Trinajstić information content (AvgIpc) is 2.62. The first kappa shape index (κ1) is 16.5. The lowest BCUT2D eigenvalue weighted by molar-refractivity contribution is 0.102. The van der Waals surface area contributed by atoms with E-state index in [9.17, 15) is 9.59 Å². The number of hydrogen-bond donors (Lipinski definition) is 1. The molecular weight excluding hydrogens is 300 g/mol. The molecule has 1 N–H and O–H groups in total. The van der Waals surface area contributed by atoms with Gasteiger partial charge in [-0.1, -0.05) is 31.5 Å². The number of aryl methyl sites for hydroxylation is 1. The van der Waals surface area contributed by atoms with E-state index in [1.807, 2.05) is 28.8 Å². The molecule has 4 nitrogen and oxygen atoms in total. The van der Waals surface area contributed by atoms with Gasteiger partial charge in [-0.2, -0.15) is 0 Å². The van der Waals surface area contributed by atoms with Crippen molar-refractivity contribution < 1.29 is 4.79 Å². The Kier molecular flexibility index (Phi) is 5.14. The fraction of sp³-hybridized carbons (Fsp3) is 0.400. The van der Waals surface area contributed by atoms with Crippen LogP contribution < -0.4 is 10.9 Å². The summed E-state index contributed by atoms with van der Waals surface area (Å²) in [6, 6.07) is 10.9. The zero-order valence-electron chi connectivity index (χ0n) is 14.2. The predicted octanol–water partition coefficient (Wildman–Crippen LogP) is 3.78. The molecule has 126 valence electrons. The number of anilines is 1. The highest BCUT2D eigenvalue weighted by Crippen LogP contribution is 2.23. The summed E-state index contributed by atoms with van der Waals surface area (Å²) in [4.78, 5) is 25.3. The van der Waals surface area contributed by atoms with E-state index in [2.05, 4.69) is 12.2 Å². The highest BCUT2D eigenvalue weighted by Gasteiger charge is 2.18. The van der Waals surface area contributed by atoms with E-state index in [0.29, 0.717) is 11.3 Å². The smallest absolute Gasteiger partial charge is 0.274 e. The number of carbonyl (C=O) groups is 1. The highest BCUT2D eigenvalue weighted by atomic mass is 16.2. The summed E-state index contributed by atoms with van der Waals surface area (Å²) in [7, 11) is 0. The number of carbonyl (C=O) groups excluding carboxylic acids is 1. The summed E-state index contributed by atoms with van der Waals surface area (Å²) in [5, 5.41) is 2.82. The van der Waals surface area contributed by atoms with Crippen LogP contribution in [0.4, 0.5) is 5.69 Å². The number of rotatable bonds is 5. The minimum Gasteiger partial charge on any atom is -0.317 e. The summed E-state index contributed by atoms with van der Waals surface area (Å²) in [6.07, 6.45) is 6.24. The summed E-state index contributed by atoms with van der Waals surface area (Å²) in [6.45, 7) is 2.85. The Bertz CT molecular complexity index is 778. The first-order chi connectivity index (χ1) is 11.7. The summed E-state index contributed by atoms with van der Waals surface area (Å²) in [5.41, 5.74) is 3.27. The van der Waals surface area contributed by atoms with Gasteiger partial charge in [0.2, 0.25) is 0 Å². The lowest BCUT2D eigenvalue weighted by Gasteiger charge is -2.22. The Morgan fingerprint density at radius 3 is 2.67 bits per heavy atom.